The van der Waals surface area contributed by atoms with Gasteiger partial charge in [-0.3, -0.25) is 9.59 Å². The van der Waals surface area contributed by atoms with Crippen molar-refractivity contribution < 1.29 is 71.5 Å². The zero-order chi connectivity index (χ0) is 31.3. The summed E-state index contributed by atoms with van der Waals surface area (Å²) >= 11 is 0. The molecule has 15 nitrogen and oxygen atoms in total. The molecule has 0 saturated heterocycles. The van der Waals surface area contributed by atoms with Crippen LogP contribution in [0.2, 0.25) is 0 Å². The average Bonchev–Trinajstić information content (AvgIpc) is 2.99. The zero-order valence-electron chi connectivity index (χ0n) is 25.8. The predicted octanol–water partition coefficient (Wildman–Crippen LogP) is 0.597. The molecule has 0 rings (SSSR count). The molecule has 0 aliphatic heterocycles. The summed E-state index contributed by atoms with van der Waals surface area (Å²) < 4.78 is 63.9. The smallest absolute Gasteiger partial charge is 0.308 e. The number of hydrogen-bond donors (Lipinski definition) is 1. The Kier molecular flexibility index (Phi) is 35.4. The molecular formula is C28H54O15. The van der Waals surface area contributed by atoms with E-state index in [2.05, 4.69) is 0 Å². The van der Waals surface area contributed by atoms with Crippen LogP contribution in [0.5, 0.6) is 0 Å². The molecule has 43 heavy (non-hydrogen) atoms. The summed E-state index contributed by atoms with van der Waals surface area (Å²) in [6.45, 7) is 11.9. The first-order valence-electron chi connectivity index (χ1n) is 14.9. The number of carbonyl (C=O) groups excluding carboxylic acids is 1. The molecule has 0 aliphatic rings. The molecule has 0 aromatic rings. The second-order valence-corrected chi connectivity index (χ2v) is 8.43. The third-order valence-corrected chi connectivity index (χ3v) is 4.94. The molecular weight excluding hydrogens is 576 g/mol. The van der Waals surface area contributed by atoms with E-state index in [0.29, 0.717) is 145 Å². The van der Waals surface area contributed by atoms with E-state index in [9.17, 15) is 9.59 Å². The van der Waals surface area contributed by atoms with Crippen LogP contribution in [0.4, 0.5) is 0 Å². The van der Waals surface area contributed by atoms with Gasteiger partial charge in [-0.05, 0) is 6.92 Å². The molecule has 1 N–H and O–H groups in total. The SMILES string of the molecule is CCOC(=O)CCOCCOCCOCCOCCOCCOCCOCCOCCOCCOCCOCCC(=O)O. The molecule has 0 unspecified atom stereocenters. The van der Waals surface area contributed by atoms with Gasteiger partial charge in [0.25, 0.3) is 0 Å². The van der Waals surface area contributed by atoms with Gasteiger partial charge in [0, 0.05) is 0 Å². The summed E-state index contributed by atoms with van der Waals surface area (Å²) in [5, 5.41) is 8.48. The van der Waals surface area contributed by atoms with Crippen molar-refractivity contribution >= 4 is 11.9 Å². The number of hydrogen-bond acceptors (Lipinski definition) is 14. The number of aliphatic carboxylic acids is 1. The van der Waals surface area contributed by atoms with Crippen LogP contribution < -0.4 is 0 Å². The Morgan fingerprint density at radius 3 is 0.791 bits per heavy atom. The molecule has 0 bridgehead atoms. The van der Waals surface area contributed by atoms with Crippen molar-refractivity contribution in [1.82, 2.24) is 0 Å². The highest BCUT2D eigenvalue weighted by molar-refractivity contribution is 5.69. The van der Waals surface area contributed by atoms with E-state index in [-0.39, 0.29) is 25.4 Å². The first kappa shape index (κ1) is 41.5. The molecule has 0 atom stereocenters. The van der Waals surface area contributed by atoms with Crippen LogP contribution in [0.3, 0.4) is 0 Å². The number of carboxylic acid groups (broad SMARTS) is 1. The molecule has 0 aromatic heterocycles. The van der Waals surface area contributed by atoms with Gasteiger partial charge in [0.1, 0.15) is 0 Å². The van der Waals surface area contributed by atoms with Crippen molar-refractivity contribution in [3.05, 3.63) is 0 Å². The third kappa shape index (κ3) is 38.5. The largest absolute Gasteiger partial charge is 0.481 e. The van der Waals surface area contributed by atoms with E-state index in [1.54, 1.807) is 6.92 Å². The Morgan fingerprint density at radius 1 is 0.372 bits per heavy atom. The second kappa shape index (κ2) is 36.7. The van der Waals surface area contributed by atoms with Crippen molar-refractivity contribution in [2.24, 2.45) is 0 Å². The molecule has 256 valence electrons. The lowest BCUT2D eigenvalue weighted by atomic mass is 10.5. The molecule has 0 heterocycles. The maximum absolute atomic E-state index is 11.1. The maximum atomic E-state index is 11.1. The highest BCUT2D eigenvalue weighted by Crippen LogP contribution is 1.90. The van der Waals surface area contributed by atoms with Crippen LogP contribution in [-0.2, 0) is 66.4 Å². The van der Waals surface area contributed by atoms with Gasteiger partial charge in [-0.1, -0.05) is 0 Å². The predicted molar refractivity (Wildman–Crippen MR) is 153 cm³/mol. The molecule has 0 aromatic carbocycles. The molecule has 0 radical (unpaired) electrons. The van der Waals surface area contributed by atoms with Gasteiger partial charge < -0.3 is 61.9 Å². The van der Waals surface area contributed by atoms with Crippen molar-refractivity contribution in [1.29, 1.82) is 0 Å². The van der Waals surface area contributed by atoms with Gasteiger partial charge >= 0.3 is 11.9 Å². The molecule has 15 heteroatoms. The van der Waals surface area contributed by atoms with Crippen LogP contribution in [0, 0.1) is 0 Å². The fourth-order valence-electron chi connectivity index (χ4n) is 2.85. The minimum Gasteiger partial charge on any atom is -0.481 e. The summed E-state index contributed by atoms with van der Waals surface area (Å²) in [6, 6.07) is 0. The Hall–Kier alpha value is -1.50. The van der Waals surface area contributed by atoms with Crippen LogP contribution in [0.25, 0.3) is 0 Å². The van der Waals surface area contributed by atoms with Gasteiger partial charge in [0.05, 0.1) is 165 Å². The van der Waals surface area contributed by atoms with E-state index < -0.39 is 5.97 Å². The number of carboxylic acids is 1. The third-order valence-electron chi connectivity index (χ3n) is 4.94. The first-order chi connectivity index (χ1) is 21.2. The Morgan fingerprint density at radius 2 is 0.581 bits per heavy atom. The summed E-state index contributed by atoms with van der Waals surface area (Å²) in [6.07, 6.45) is 0.246. The molecule has 0 spiro atoms. The number of ether oxygens (including phenoxy) is 12. The first-order valence-corrected chi connectivity index (χ1v) is 14.9. The van der Waals surface area contributed by atoms with Gasteiger partial charge in [-0.15, -0.1) is 0 Å². The van der Waals surface area contributed by atoms with Crippen LogP contribution in [-0.4, -0.2) is 169 Å². The maximum Gasteiger partial charge on any atom is 0.308 e. The van der Waals surface area contributed by atoms with E-state index in [1.165, 1.54) is 0 Å². The van der Waals surface area contributed by atoms with E-state index in [1.807, 2.05) is 0 Å². The second-order valence-electron chi connectivity index (χ2n) is 8.43. The number of rotatable bonds is 37. The molecule has 0 aliphatic carbocycles. The monoisotopic (exact) mass is 630 g/mol. The van der Waals surface area contributed by atoms with Gasteiger partial charge in [-0.25, -0.2) is 0 Å². The van der Waals surface area contributed by atoms with E-state index >= 15 is 0 Å². The lowest BCUT2D eigenvalue weighted by Crippen LogP contribution is -2.15. The molecule has 0 saturated carbocycles. The minimum atomic E-state index is -0.877. The van der Waals surface area contributed by atoms with Crippen molar-refractivity contribution in [3.8, 4) is 0 Å². The summed E-state index contributed by atoms with van der Waals surface area (Å²) in [4.78, 5) is 21.5. The Balaban J connectivity index is 3.06. The van der Waals surface area contributed by atoms with Crippen LogP contribution in [0.1, 0.15) is 19.8 Å². The van der Waals surface area contributed by atoms with E-state index in [0.717, 1.165) is 0 Å². The minimum absolute atomic E-state index is 0.00494. The fraction of sp³-hybridized carbons (Fsp3) is 0.929. The summed E-state index contributed by atoms with van der Waals surface area (Å²) in [5.41, 5.74) is 0. The van der Waals surface area contributed by atoms with E-state index in [4.69, 9.17) is 61.9 Å². The highest BCUT2D eigenvalue weighted by Gasteiger charge is 2.01. The Bertz CT molecular complexity index is 582. The zero-order valence-corrected chi connectivity index (χ0v) is 25.8. The lowest BCUT2D eigenvalue weighted by molar-refractivity contribution is -0.144. The quantitative estimate of drug-likeness (QED) is 0.0748. The lowest BCUT2D eigenvalue weighted by Gasteiger charge is -2.09. The fourth-order valence-corrected chi connectivity index (χ4v) is 2.85. The van der Waals surface area contributed by atoms with Gasteiger partial charge in [-0.2, -0.15) is 0 Å². The standard InChI is InChI=1S/C28H54O15/c1-2-43-28(31)4-6-33-8-10-35-12-14-37-16-18-39-20-22-41-24-26-42-25-23-40-21-19-38-17-15-36-13-11-34-9-7-32-5-3-27(29)30/h2-26H2,1H3,(H,29,30). The topological polar surface area (TPSA) is 165 Å². The van der Waals surface area contributed by atoms with Crippen molar-refractivity contribution in [2.45, 2.75) is 19.8 Å². The molecule has 0 amide bonds. The van der Waals surface area contributed by atoms with Crippen molar-refractivity contribution in [3.63, 3.8) is 0 Å². The van der Waals surface area contributed by atoms with Gasteiger partial charge in [0.2, 0.25) is 0 Å². The Labute approximate surface area is 255 Å². The molecule has 0 fully saturated rings. The summed E-state index contributed by atoms with van der Waals surface area (Å²) in [5.74, 6) is -1.13. The number of carbonyl (C=O) groups is 2. The summed E-state index contributed by atoms with van der Waals surface area (Å²) in [7, 11) is 0. The highest BCUT2D eigenvalue weighted by atomic mass is 16.6. The normalized spacial score (nSPS) is 11.3. The number of esters is 1. The van der Waals surface area contributed by atoms with Crippen LogP contribution >= 0.6 is 0 Å². The van der Waals surface area contributed by atoms with Crippen LogP contribution in [0.15, 0.2) is 0 Å². The van der Waals surface area contributed by atoms with Gasteiger partial charge in [0.15, 0.2) is 0 Å². The van der Waals surface area contributed by atoms with Crippen molar-refractivity contribution in [2.75, 3.05) is 152 Å². The average molecular weight is 631 g/mol.